The molecule has 0 saturated carbocycles. The predicted octanol–water partition coefficient (Wildman–Crippen LogP) is 4.31. The van der Waals surface area contributed by atoms with Gasteiger partial charge in [-0.05, 0) is 35.2 Å². The highest BCUT2D eigenvalue weighted by Crippen LogP contribution is 2.26. The summed E-state index contributed by atoms with van der Waals surface area (Å²) in [6.45, 7) is -1.27. The molecule has 0 aliphatic heterocycles. The average molecular weight is 384 g/mol. The zero-order chi connectivity index (χ0) is 18.7. The van der Waals surface area contributed by atoms with Gasteiger partial charge in [0, 0.05) is 23.5 Å². The van der Waals surface area contributed by atoms with Crippen molar-refractivity contribution in [2.75, 3.05) is 6.61 Å². The van der Waals surface area contributed by atoms with Crippen LogP contribution in [0, 0.1) is 5.82 Å². The van der Waals surface area contributed by atoms with Gasteiger partial charge in [0.15, 0.2) is 6.61 Å². The van der Waals surface area contributed by atoms with Crippen molar-refractivity contribution < 1.29 is 27.1 Å². The van der Waals surface area contributed by atoms with E-state index in [9.17, 15) is 22.4 Å². The molecule has 136 valence electrons. The minimum atomic E-state index is -4.43. The summed E-state index contributed by atoms with van der Waals surface area (Å²) < 4.78 is 54.7. The molecular formula is C17H12F4N2O2S. The highest BCUT2D eigenvalue weighted by Gasteiger charge is 2.28. The maximum Gasteiger partial charge on any atom is 0.422 e. The number of benzene rings is 1. The molecule has 3 rings (SSSR count). The van der Waals surface area contributed by atoms with Gasteiger partial charge in [-0.2, -0.15) is 13.2 Å². The highest BCUT2D eigenvalue weighted by molar-refractivity contribution is 7.20. The van der Waals surface area contributed by atoms with E-state index in [2.05, 4.69) is 15.0 Å². The summed E-state index contributed by atoms with van der Waals surface area (Å²) in [5, 5.41) is 3.33. The molecule has 0 radical (unpaired) electrons. The Kier molecular flexibility index (Phi) is 5.08. The van der Waals surface area contributed by atoms with Crippen molar-refractivity contribution in [1.82, 2.24) is 10.3 Å². The minimum Gasteiger partial charge on any atom is -0.468 e. The van der Waals surface area contributed by atoms with Gasteiger partial charge in [-0.1, -0.05) is 6.07 Å². The monoisotopic (exact) mass is 384 g/mol. The minimum absolute atomic E-state index is 0.147. The molecule has 0 fully saturated rings. The first-order valence-corrected chi connectivity index (χ1v) is 8.23. The van der Waals surface area contributed by atoms with E-state index in [1.165, 1.54) is 41.8 Å². The van der Waals surface area contributed by atoms with Gasteiger partial charge in [0.2, 0.25) is 5.88 Å². The molecule has 3 aromatic rings. The molecule has 2 aromatic heterocycles. The van der Waals surface area contributed by atoms with E-state index in [4.69, 9.17) is 0 Å². The number of fused-ring (bicyclic) bond motifs is 1. The summed E-state index contributed by atoms with van der Waals surface area (Å²) >= 11 is 1.24. The van der Waals surface area contributed by atoms with Crippen LogP contribution in [0.25, 0.3) is 10.1 Å². The first-order valence-electron chi connectivity index (χ1n) is 7.42. The van der Waals surface area contributed by atoms with Crippen LogP contribution in [0.15, 0.2) is 42.6 Å². The molecule has 0 saturated heterocycles. The zero-order valence-corrected chi connectivity index (χ0v) is 14.0. The molecule has 0 unspecified atom stereocenters. The van der Waals surface area contributed by atoms with Gasteiger partial charge in [-0.3, -0.25) is 4.79 Å². The van der Waals surface area contributed by atoms with E-state index in [-0.39, 0.29) is 24.1 Å². The number of halogens is 4. The molecule has 0 aliphatic carbocycles. The van der Waals surface area contributed by atoms with Crippen molar-refractivity contribution in [2.24, 2.45) is 0 Å². The van der Waals surface area contributed by atoms with Gasteiger partial charge in [0.1, 0.15) is 5.82 Å². The van der Waals surface area contributed by atoms with Crippen molar-refractivity contribution >= 4 is 27.3 Å². The van der Waals surface area contributed by atoms with Crippen LogP contribution in [0.5, 0.6) is 5.88 Å². The molecule has 2 heterocycles. The lowest BCUT2D eigenvalue weighted by Crippen LogP contribution is -2.22. The maximum atomic E-state index is 13.2. The number of rotatable bonds is 5. The lowest BCUT2D eigenvalue weighted by Gasteiger charge is -2.09. The van der Waals surface area contributed by atoms with Crippen LogP contribution in [0.1, 0.15) is 15.2 Å². The first kappa shape index (κ1) is 18.1. The number of thiophene rings is 1. The van der Waals surface area contributed by atoms with Gasteiger partial charge in [0.25, 0.3) is 5.91 Å². The van der Waals surface area contributed by atoms with Crippen molar-refractivity contribution in [2.45, 2.75) is 12.7 Å². The molecule has 9 heteroatoms. The van der Waals surface area contributed by atoms with Crippen LogP contribution in [0.2, 0.25) is 0 Å². The van der Waals surface area contributed by atoms with Gasteiger partial charge in [-0.15, -0.1) is 11.3 Å². The molecule has 0 atom stereocenters. The Morgan fingerprint density at radius 1 is 1.19 bits per heavy atom. The van der Waals surface area contributed by atoms with Crippen LogP contribution in [-0.4, -0.2) is 23.7 Å². The fraction of sp³-hybridized carbons (Fsp3) is 0.176. The third-order valence-corrected chi connectivity index (χ3v) is 4.45. The SMILES string of the molecule is O=C(NCc1ccc(OCC(F)(F)F)nc1)c1cc2cc(F)ccc2s1. The van der Waals surface area contributed by atoms with E-state index in [0.717, 1.165) is 4.70 Å². The zero-order valence-electron chi connectivity index (χ0n) is 13.1. The molecule has 4 nitrogen and oxygen atoms in total. The highest BCUT2D eigenvalue weighted by atomic mass is 32.1. The second-order valence-electron chi connectivity index (χ2n) is 5.38. The molecule has 26 heavy (non-hydrogen) atoms. The summed E-state index contributed by atoms with van der Waals surface area (Å²) in [5.74, 6) is -0.853. The number of ether oxygens (including phenoxy) is 1. The number of aromatic nitrogens is 1. The Morgan fingerprint density at radius 2 is 2.00 bits per heavy atom. The standard InChI is InChI=1S/C17H12F4N2O2S/c18-12-2-3-13-11(5-12)6-14(26-13)16(24)23-8-10-1-4-15(22-7-10)25-9-17(19,20)21/h1-7H,8-9H2,(H,23,24). The number of nitrogens with one attached hydrogen (secondary N) is 1. The normalized spacial score (nSPS) is 11.5. The second kappa shape index (κ2) is 7.28. The molecule has 0 aliphatic rings. The van der Waals surface area contributed by atoms with Gasteiger partial charge in [0.05, 0.1) is 4.88 Å². The summed E-state index contributed by atoms with van der Waals surface area (Å²) in [4.78, 5) is 16.4. The Hall–Kier alpha value is -2.68. The topological polar surface area (TPSA) is 51.2 Å². The molecule has 1 amide bonds. The number of alkyl halides is 3. The number of hydrogen-bond donors (Lipinski definition) is 1. The van der Waals surface area contributed by atoms with Crippen LogP contribution in [-0.2, 0) is 6.54 Å². The van der Waals surface area contributed by atoms with Crippen LogP contribution >= 0.6 is 11.3 Å². The maximum absolute atomic E-state index is 13.2. The van der Waals surface area contributed by atoms with Crippen molar-refractivity contribution in [1.29, 1.82) is 0 Å². The molecule has 1 N–H and O–H groups in total. The van der Waals surface area contributed by atoms with Crippen molar-refractivity contribution in [3.8, 4) is 5.88 Å². The van der Waals surface area contributed by atoms with Crippen LogP contribution < -0.4 is 10.1 Å². The average Bonchev–Trinajstić information content (AvgIpc) is 3.01. The molecule has 1 aromatic carbocycles. The summed E-state index contributed by atoms with van der Waals surface area (Å²) in [5.41, 5.74) is 0.602. The summed E-state index contributed by atoms with van der Waals surface area (Å²) in [6, 6.07) is 8.70. The Bertz CT molecular complexity index is 923. The Labute approximate surface area is 149 Å². The quantitative estimate of drug-likeness (QED) is 0.667. The van der Waals surface area contributed by atoms with Crippen LogP contribution in [0.4, 0.5) is 17.6 Å². The number of pyridine rings is 1. The number of carbonyl (C=O) groups excluding carboxylic acids is 1. The fourth-order valence-corrected chi connectivity index (χ4v) is 3.11. The number of nitrogens with zero attached hydrogens (tertiary/aromatic N) is 1. The van der Waals surface area contributed by atoms with Gasteiger partial charge >= 0.3 is 6.18 Å². The lowest BCUT2D eigenvalue weighted by atomic mass is 10.2. The Morgan fingerprint density at radius 3 is 2.69 bits per heavy atom. The van der Waals surface area contributed by atoms with E-state index in [1.807, 2.05) is 0 Å². The summed E-state index contributed by atoms with van der Waals surface area (Å²) in [6.07, 6.45) is -3.10. The van der Waals surface area contributed by atoms with Crippen molar-refractivity contribution in [3.05, 3.63) is 58.9 Å². The Balaban J connectivity index is 1.58. The largest absolute Gasteiger partial charge is 0.468 e. The first-order chi connectivity index (χ1) is 12.3. The number of hydrogen-bond acceptors (Lipinski definition) is 4. The van der Waals surface area contributed by atoms with Gasteiger partial charge in [-0.25, -0.2) is 9.37 Å². The molecule has 0 spiro atoms. The van der Waals surface area contributed by atoms with Crippen LogP contribution in [0.3, 0.4) is 0 Å². The van der Waals surface area contributed by atoms with E-state index in [1.54, 1.807) is 12.1 Å². The number of amides is 1. The molecule has 0 bridgehead atoms. The van der Waals surface area contributed by atoms with Gasteiger partial charge < -0.3 is 10.1 Å². The third-order valence-electron chi connectivity index (χ3n) is 3.34. The lowest BCUT2D eigenvalue weighted by molar-refractivity contribution is -0.154. The smallest absolute Gasteiger partial charge is 0.422 e. The predicted molar refractivity (Wildman–Crippen MR) is 88.7 cm³/mol. The van der Waals surface area contributed by atoms with Crippen molar-refractivity contribution in [3.63, 3.8) is 0 Å². The summed E-state index contributed by atoms with van der Waals surface area (Å²) in [7, 11) is 0. The third kappa shape index (κ3) is 4.69. The van der Waals surface area contributed by atoms with E-state index in [0.29, 0.717) is 15.8 Å². The number of carbonyl (C=O) groups is 1. The fourth-order valence-electron chi connectivity index (χ4n) is 2.15. The van der Waals surface area contributed by atoms with E-state index < -0.39 is 12.8 Å². The second-order valence-corrected chi connectivity index (χ2v) is 6.47. The molecular weight excluding hydrogens is 372 g/mol. The van der Waals surface area contributed by atoms with E-state index >= 15 is 0 Å².